The number of aliphatic hydroxyl groups excluding tert-OH is 1. The van der Waals surface area contributed by atoms with E-state index in [2.05, 4.69) is 27.0 Å². The van der Waals surface area contributed by atoms with Gasteiger partial charge in [0, 0.05) is 30.0 Å². The Morgan fingerprint density at radius 2 is 1.77 bits per heavy atom. The lowest BCUT2D eigenvalue weighted by Crippen LogP contribution is -2.29. The summed E-state index contributed by atoms with van der Waals surface area (Å²) < 4.78 is 0. The molecule has 0 aliphatic carbocycles. The number of anilines is 2. The van der Waals surface area contributed by atoms with Crippen LogP contribution in [0.3, 0.4) is 0 Å². The SMILES string of the molecule is CC(=O)c1ccc(N2CC(O)=C(c3nc4ccc(N5CCCCC5)cc4[nH]3)C2=N)cc1. The van der Waals surface area contributed by atoms with Crippen molar-refractivity contribution in [3.63, 3.8) is 0 Å². The molecule has 2 aliphatic heterocycles. The highest BCUT2D eigenvalue weighted by Gasteiger charge is 2.31. The van der Waals surface area contributed by atoms with Crippen LogP contribution in [0.25, 0.3) is 16.6 Å². The number of nitrogens with zero attached hydrogens (tertiary/aromatic N) is 3. The van der Waals surface area contributed by atoms with Crippen molar-refractivity contribution in [2.45, 2.75) is 26.2 Å². The minimum absolute atomic E-state index is 0.00379. The molecule has 1 saturated heterocycles. The van der Waals surface area contributed by atoms with Crippen molar-refractivity contribution in [2.75, 3.05) is 29.4 Å². The van der Waals surface area contributed by atoms with Crippen LogP contribution < -0.4 is 9.80 Å². The summed E-state index contributed by atoms with van der Waals surface area (Å²) in [4.78, 5) is 23.6. The van der Waals surface area contributed by atoms with Crippen LogP contribution in [0.5, 0.6) is 0 Å². The van der Waals surface area contributed by atoms with E-state index >= 15 is 0 Å². The number of hydrogen-bond donors (Lipinski definition) is 3. The number of hydrogen-bond acceptors (Lipinski definition) is 5. The molecule has 0 unspecified atom stereocenters. The first-order valence-electron chi connectivity index (χ1n) is 10.7. The average Bonchev–Trinajstić information content (AvgIpc) is 3.33. The quantitative estimate of drug-likeness (QED) is 0.545. The van der Waals surface area contributed by atoms with Gasteiger partial charge in [0.05, 0.1) is 23.2 Å². The number of carbonyl (C=O) groups excluding carboxylic acids is 1. The van der Waals surface area contributed by atoms with Crippen LogP contribution in [0.15, 0.2) is 48.2 Å². The summed E-state index contributed by atoms with van der Waals surface area (Å²) in [6, 6.07) is 13.3. The molecule has 0 atom stereocenters. The molecule has 0 radical (unpaired) electrons. The molecule has 3 N–H and O–H groups in total. The fourth-order valence-corrected chi connectivity index (χ4v) is 4.39. The molecule has 2 aliphatic rings. The van der Waals surface area contributed by atoms with Gasteiger partial charge in [-0.1, -0.05) is 0 Å². The molecule has 3 aromatic rings. The van der Waals surface area contributed by atoms with Gasteiger partial charge in [0.1, 0.15) is 17.4 Å². The predicted octanol–water partition coefficient (Wildman–Crippen LogP) is 4.52. The van der Waals surface area contributed by atoms with Gasteiger partial charge in [-0.3, -0.25) is 10.2 Å². The van der Waals surface area contributed by atoms with E-state index in [-0.39, 0.29) is 23.9 Å². The molecule has 0 amide bonds. The van der Waals surface area contributed by atoms with Gasteiger partial charge in [0.15, 0.2) is 5.78 Å². The second-order valence-electron chi connectivity index (χ2n) is 8.19. The van der Waals surface area contributed by atoms with Crippen molar-refractivity contribution < 1.29 is 9.90 Å². The zero-order valence-electron chi connectivity index (χ0n) is 17.5. The number of benzene rings is 2. The number of piperidine rings is 1. The van der Waals surface area contributed by atoms with E-state index in [4.69, 9.17) is 5.41 Å². The average molecular weight is 415 g/mol. The number of imidazole rings is 1. The Kier molecular flexibility index (Phi) is 4.73. The molecule has 0 bridgehead atoms. The molecule has 1 aromatic heterocycles. The van der Waals surface area contributed by atoms with Crippen molar-refractivity contribution >= 4 is 39.6 Å². The highest BCUT2D eigenvalue weighted by molar-refractivity contribution is 6.30. The summed E-state index contributed by atoms with van der Waals surface area (Å²) in [5.41, 5.74) is 4.66. The molecule has 31 heavy (non-hydrogen) atoms. The Morgan fingerprint density at radius 3 is 2.48 bits per heavy atom. The highest BCUT2D eigenvalue weighted by Crippen LogP contribution is 2.32. The number of aromatic nitrogens is 2. The number of rotatable bonds is 4. The van der Waals surface area contributed by atoms with Crippen LogP contribution in [0.1, 0.15) is 42.4 Å². The first kappa shape index (κ1) is 19.4. The van der Waals surface area contributed by atoms with E-state index in [9.17, 15) is 9.90 Å². The van der Waals surface area contributed by atoms with Gasteiger partial charge in [-0.25, -0.2) is 4.98 Å². The number of aliphatic hydroxyl groups is 1. The first-order chi connectivity index (χ1) is 15.0. The van der Waals surface area contributed by atoms with E-state index in [0.29, 0.717) is 17.0 Å². The van der Waals surface area contributed by atoms with Gasteiger partial charge in [-0.15, -0.1) is 0 Å². The van der Waals surface area contributed by atoms with E-state index in [1.54, 1.807) is 29.2 Å². The van der Waals surface area contributed by atoms with Gasteiger partial charge in [-0.05, 0) is 68.7 Å². The molecule has 5 rings (SSSR count). The molecule has 1 fully saturated rings. The lowest BCUT2D eigenvalue weighted by molar-refractivity contribution is 0.101. The van der Waals surface area contributed by atoms with Gasteiger partial charge < -0.3 is 19.9 Å². The Labute approximate surface area is 180 Å². The summed E-state index contributed by atoms with van der Waals surface area (Å²) >= 11 is 0. The third kappa shape index (κ3) is 3.46. The maximum absolute atomic E-state index is 11.5. The zero-order valence-corrected chi connectivity index (χ0v) is 17.5. The van der Waals surface area contributed by atoms with Crippen LogP contribution in [-0.4, -0.2) is 46.3 Å². The summed E-state index contributed by atoms with van der Waals surface area (Å²) in [5.74, 6) is 0.784. The third-order valence-corrected chi connectivity index (χ3v) is 6.11. The van der Waals surface area contributed by atoms with Gasteiger partial charge in [0.2, 0.25) is 0 Å². The van der Waals surface area contributed by atoms with Crippen LogP contribution in [0.2, 0.25) is 0 Å². The number of nitrogens with one attached hydrogen (secondary N) is 2. The lowest BCUT2D eigenvalue weighted by atomic mass is 10.1. The minimum Gasteiger partial charge on any atom is -0.509 e. The highest BCUT2D eigenvalue weighted by atomic mass is 16.3. The van der Waals surface area contributed by atoms with Crippen molar-refractivity contribution in [1.82, 2.24) is 9.97 Å². The van der Waals surface area contributed by atoms with E-state index < -0.39 is 0 Å². The maximum Gasteiger partial charge on any atom is 0.159 e. The number of carbonyl (C=O) groups is 1. The van der Waals surface area contributed by atoms with Crippen LogP contribution >= 0.6 is 0 Å². The molecule has 2 aromatic carbocycles. The fourth-order valence-electron chi connectivity index (χ4n) is 4.39. The first-order valence-corrected chi connectivity index (χ1v) is 10.7. The number of aromatic amines is 1. The molecule has 7 nitrogen and oxygen atoms in total. The smallest absolute Gasteiger partial charge is 0.159 e. The topological polar surface area (TPSA) is 96.3 Å². The summed E-state index contributed by atoms with van der Waals surface area (Å²) in [7, 11) is 0. The van der Waals surface area contributed by atoms with E-state index in [1.807, 2.05) is 6.07 Å². The molecule has 7 heteroatoms. The Hall–Kier alpha value is -3.61. The molecular formula is C24H25N5O2. The number of Topliss-reactive ketones (excluding diaryl/α,β-unsaturated/α-hetero) is 1. The van der Waals surface area contributed by atoms with Crippen LogP contribution in [0.4, 0.5) is 11.4 Å². The molecular weight excluding hydrogens is 390 g/mol. The van der Waals surface area contributed by atoms with Crippen molar-refractivity contribution in [2.24, 2.45) is 0 Å². The van der Waals surface area contributed by atoms with Gasteiger partial charge in [-0.2, -0.15) is 0 Å². The van der Waals surface area contributed by atoms with Crippen molar-refractivity contribution in [1.29, 1.82) is 5.41 Å². The number of fused-ring (bicyclic) bond motifs is 1. The standard InChI is InChI=1S/C24H25N5O2/c1-15(30)16-5-7-17(8-6-16)29-14-21(31)22(23(29)25)24-26-19-10-9-18(13-20(19)27-24)28-11-3-2-4-12-28/h5-10,13,25,31H,2-4,11-12,14H2,1H3,(H,26,27). The van der Waals surface area contributed by atoms with Gasteiger partial charge in [0.25, 0.3) is 0 Å². The second-order valence-corrected chi connectivity index (χ2v) is 8.19. The van der Waals surface area contributed by atoms with E-state index in [1.165, 1.54) is 31.9 Å². The third-order valence-electron chi connectivity index (χ3n) is 6.11. The summed E-state index contributed by atoms with van der Waals surface area (Å²) in [6.07, 6.45) is 3.72. The Morgan fingerprint density at radius 1 is 1.06 bits per heavy atom. The number of ketones is 1. The summed E-state index contributed by atoms with van der Waals surface area (Å²) in [6.45, 7) is 3.86. The summed E-state index contributed by atoms with van der Waals surface area (Å²) in [5, 5.41) is 19.3. The normalized spacial score (nSPS) is 17.1. The molecule has 0 saturated carbocycles. The number of amidine groups is 1. The van der Waals surface area contributed by atoms with Gasteiger partial charge >= 0.3 is 0 Å². The Balaban J connectivity index is 1.43. The molecule has 158 valence electrons. The Bertz CT molecular complexity index is 1200. The lowest BCUT2D eigenvalue weighted by Gasteiger charge is -2.28. The van der Waals surface area contributed by atoms with E-state index in [0.717, 1.165) is 29.8 Å². The fraction of sp³-hybridized carbons (Fsp3) is 0.292. The van der Waals surface area contributed by atoms with Crippen molar-refractivity contribution in [3.05, 3.63) is 59.6 Å². The van der Waals surface area contributed by atoms with Crippen molar-refractivity contribution in [3.8, 4) is 0 Å². The second kappa shape index (κ2) is 7.58. The zero-order chi connectivity index (χ0) is 21.5. The monoisotopic (exact) mass is 415 g/mol. The van der Waals surface area contributed by atoms with Crippen LogP contribution in [-0.2, 0) is 0 Å². The molecule has 3 heterocycles. The minimum atomic E-state index is -0.00379. The predicted molar refractivity (Wildman–Crippen MR) is 123 cm³/mol. The largest absolute Gasteiger partial charge is 0.509 e. The van der Waals surface area contributed by atoms with Crippen LogP contribution in [0, 0.1) is 5.41 Å². The maximum atomic E-state index is 11.5. The number of H-pyrrole nitrogens is 1. The molecule has 0 spiro atoms.